The van der Waals surface area contributed by atoms with Gasteiger partial charge in [-0.05, 0) is 23.8 Å². The molecule has 10 heteroatoms. The summed E-state index contributed by atoms with van der Waals surface area (Å²) in [5.74, 6) is -1.16. The van der Waals surface area contributed by atoms with Gasteiger partial charge in [-0.1, -0.05) is 29.3 Å². The van der Waals surface area contributed by atoms with Gasteiger partial charge in [0.15, 0.2) is 11.5 Å². The summed E-state index contributed by atoms with van der Waals surface area (Å²) < 4.78 is 2.87. The van der Waals surface area contributed by atoms with Crippen LogP contribution < -0.4 is 5.32 Å². The van der Waals surface area contributed by atoms with E-state index >= 15 is 0 Å². The van der Waals surface area contributed by atoms with Gasteiger partial charge in [0.1, 0.15) is 6.54 Å². The number of carbonyl (C=O) groups excluding carboxylic acids is 1. The Bertz CT molecular complexity index is 966. The van der Waals surface area contributed by atoms with E-state index in [0.717, 1.165) is 5.56 Å². The van der Waals surface area contributed by atoms with Crippen LogP contribution in [0.2, 0.25) is 10.0 Å². The molecular formula is C16H13Cl2N5O3. The Balaban J connectivity index is 1.60. The predicted octanol–water partition coefficient (Wildman–Crippen LogP) is 2.77. The van der Waals surface area contributed by atoms with Gasteiger partial charge in [-0.2, -0.15) is 10.2 Å². The van der Waals surface area contributed by atoms with Gasteiger partial charge in [-0.15, -0.1) is 0 Å². The van der Waals surface area contributed by atoms with E-state index in [0.29, 0.717) is 22.4 Å². The van der Waals surface area contributed by atoms with E-state index in [4.69, 9.17) is 28.3 Å². The van der Waals surface area contributed by atoms with Crippen molar-refractivity contribution in [3.05, 3.63) is 64.0 Å². The molecule has 8 nitrogen and oxygen atoms in total. The third-order valence-corrected chi connectivity index (χ3v) is 4.01. The third kappa shape index (κ3) is 4.41. The summed E-state index contributed by atoms with van der Waals surface area (Å²) in [5, 5.41) is 20.6. The van der Waals surface area contributed by atoms with Crippen molar-refractivity contribution in [3.63, 3.8) is 0 Å². The van der Waals surface area contributed by atoms with Crippen LogP contribution in [0, 0.1) is 0 Å². The highest BCUT2D eigenvalue weighted by atomic mass is 35.5. The van der Waals surface area contributed by atoms with Crippen LogP contribution in [0.15, 0.2) is 42.7 Å². The maximum absolute atomic E-state index is 12.0. The van der Waals surface area contributed by atoms with Crippen LogP contribution >= 0.6 is 23.2 Å². The van der Waals surface area contributed by atoms with Crippen molar-refractivity contribution < 1.29 is 14.7 Å². The quantitative estimate of drug-likeness (QED) is 0.670. The minimum absolute atomic E-state index is 0.122. The summed E-state index contributed by atoms with van der Waals surface area (Å²) in [6, 6.07) is 8.17. The lowest BCUT2D eigenvalue weighted by atomic mass is 10.2. The molecule has 0 spiro atoms. The Hall–Kier alpha value is -2.84. The second-order valence-electron chi connectivity index (χ2n) is 5.39. The van der Waals surface area contributed by atoms with Gasteiger partial charge in [-0.3, -0.25) is 14.2 Å². The molecule has 3 rings (SSSR count). The number of nitrogens with zero attached hydrogens (tertiary/aromatic N) is 4. The zero-order chi connectivity index (χ0) is 18.7. The summed E-state index contributed by atoms with van der Waals surface area (Å²) >= 11 is 12.0. The van der Waals surface area contributed by atoms with E-state index in [9.17, 15) is 9.59 Å². The van der Waals surface area contributed by atoms with Crippen LogP contribution in [0.5, 0.6) is 0 Å². The van der Waals surface area contributed by atoms with Gasteiger partial charge in [0.05, 0.1) is 6.54 Å². The molecule has 0 aliphatic heterocycles. The molecule has 2 aromatic heterocycles. The first-order chi connectivity index (χ1) is 12.4. The fraction of sp³-hybridized carbons (Fsp3) is 0.125. The van der Waals surface area contributed by atoms with E-state index < -0.39 is 5.97 Å². The van der Waals surface area contributed by atoms with E-state index in [1.807, 2.05) is 6.07 Å². The number of hydrogen-bond acceptors (Lipinski definition) is 4. The van der Waals surface area contributed by atoms with Crippen molar-refractivity contribution in [3.8, 4) is 0 Å². The highest BCUT2D eigenvalue weighted by Crippen LogP contribution is 2.21. The molecule has 0 saturated heterocycles. The number of halogens is 2. The fourth-order valence-electron chi connectivity index (χ4n) is 2.23. The van der Waals surface area contributed by atoms with E-state index in [1.54, 1.807) is 29.1 Å². The molecule has 0 saturated carbocycles. The third-order valence-electron chi connectivity index (χ3n) is 3.42. The van der Waals surface area contributed by atoms with Gasteiger partial charge in [-0.25, -0.2) is 4.79 Å². The van der Waals surface area contributed by atoms with Gasteiger partial charge in [0.25, 0.3) is 0 Å². The molecule has 0 aliphatic rings. The molecule has 0 bridgehead atoms. The SMILES string of the molecule is O=C(Cn1ccc(C(=O)O)n1)Nc1ccn(Cc2ccc(Cl)cc2Cl)n1. The number of amides is 1. The summed E-state index contributed by atoms with van der Waals surface area (Å²) in [6.45, 7) is 0.302. The number of nitrogens with one attached hydrogen (secondary N) is 1. The van der Waals surface area contributed by atoms with Crippen LogP contribution in [0.1, 0.15) is 16.1 Å². The number of rotatable bonds is 6. The summed E-state index contributed by atoms with van der Waals surface area (Å²) in [4.78, 5) is 22.8. The van der Waals surface area contributed by atoms with E-state index in [2.05, 4.69) is 15.5 Å². The minimum Gasteiger partial charge on any atom is -0.476 e. The van der Waals surface area contributed by atoms with Crippen molar-refractivity contribution in [1.29, 1.82) is 0 Å². The van der Waals surface area contributed by atoms with Crippen molar-refractivity contribution in [1.82, 2.24) is 19.6 Å². The zero-order valence-electron chi connectivity index (χ0n) is 13.3. The first-order valence-corrected chi connectivity index (χ1v) is 8.20. The zero-order valence-corrected chi connectivity index (χ0v) is 14.8. The molecule has 0 fully saturated rings. The normalized spacial score (nSPS) is 10.7. The topological polar surface area (TPSA) is 102 Å². The second kappa shape index (κ2) is 7.59. The molecule has 0 atom stereocenters. The molecule has 134 valence electrons. The number of carbonyl (C=O) groups is 2. The molecule has 0 radical (unpaired) electrons. The molecule has 26 heavy (non-hydrogen) atoms. The van der Waals surface area contributed by atoms with Crippen LogP contribution in [0.25, 0.3) is 0 Å². The Morgan fingerprint density at radius 2 is 1.85 bits per heavy atom. The Labute approximate surface area is 157 Å². The average molecular weight is 394 g/mol. The average Bonchev–Trinajstić information content (AvgIpc) is 3.20. The lowest BCUT2D eigenvalue weighted by molar-refractivity contribution is -0.116. The van der Waals surface area contributed by atoms with Crippen LogP contribution in [0.3, 0.4) is 0 Å². The van der Waals surface area contributed by atoms with Gasteiger partial charge in [0, 0.05) is 28.5 Å². The Morgan fingerprint density at radius 1 is 1.08 bits per heavy atom. The number of aromatic nitrogens is 4. The Kier molecular flexibility index (Phi) is 5.24. The Morgan fingerprint density at radius 3 is 2.54 bits per heavy atom. The molecule has 1 aromatic carbocycles. The van der Waals surface area contributed by atoms with Crippen molar-refractivity contribution in [2.24, 2.45) is 0 Å². The molecule has 1 amide bonds. The van der Waals surface area contributed by atoms with E-state index in [1.165, 1.54) is 16.9 Å². The lowest BCUT2D eigenvalue weighted by Crippen LogP contribution is -2.20. The smallest absolute Gasteiger partial charge is 0.356 e. The van der Waals surface area contributed by atoms with Crippen molar-refractivity contribution >= 4 is 40.9 Å². The number of hydrogen-bond donors (Lipinski definition) is 2. The lowest BCUT2D eigenvalue weighted by Gasteiger charge is -2.05. The van der Waals surface area contributed by atoms with E-state index in [-0.39, 0.29) is 18.1 Å². The monoisotopic (exact) mass is 393 g/mol. The van der Waals surface area contributed by atoms with Crippen LogP contribution in [-0.2, 0) is 17.9 Å². The first kappa shape index (κ1) is 18.0. The molecule has 3 aromatic rings. The molecular weight excluding hydrogens is 381 g/mol. The number of benzene rings is 1. The van der Waals surface area contributed by atoms with Gasteiger partial charge < -0.3 is 10.4 Å². The maximum atomic E-state index is 12.0. The predicted molar refractivity (Wildman–Crippen MR) is 95.6 cm³/mol. The van der Waals surface area contributed by atoms with Gasteiger partial charge in [0.2, 0.25) is 5.91 Å². The summed E-state index contributed by atoms with van der Waals surface area (Å²) in [7, 11) is 0. The number of carboxylic acid groups (broad SMARTS) is 1. The molecule has 0 unspecified atom stereocenters. The van der Waals surface area contributed by atoms with Crippen molar-refractivity contribution in [2.75, 3.05) is 5.32 Å². The standard InChI is InChI=1S/C16H13Cl2N5O3/c17-11-2-1-10(12(18)7-11)8-22-6-4-14(21-22)19-15(24)9-23-5-3-13(20-23)16(25)26/h1-7H,8-9H2,(H,25,26)(H,19,21,24). The van der Waals surface area contributed by atoms with Crippen molar-refractivity contribution in [2.45, 2.75) is 13.1 Å². The minimum atomic E-state index is -1.15. The summed E-state index contributed by atoms with van der Waals surface area (Å²) in [5.41, 5.74) is 0.719. The largest absolute Gasteiger partial charge is 0.476 e. The maximum Gasteiger partial charge on any atom is 0.356 e. The number of anilines is 1. The van der Waals surface area contributed by atoms with Crippen LogP contribution in [0.4, 0.5) is 5.82 Å². The molecule has 2 N–H and O–H groups in total. The summed E-state index contributed by atoms with van der Waals surface area (Å²) in [6.07, 6.45) is 3.13. The fourth-order valence-corrected chi connectivity index (χ4v) is 2.70. The highest BCUT2D eigenvalue weighted by molar-refractivity contribution is 6.35. The van der Waals surface area contributed by atoms with Crippen LogP contribution in [-0.4, -0.2) is 36.5 Å². The molecule has 0 aliphatic carbocycles. The number of aromatic carboxylic acids is 1. The highest BCUT2D eigenvalue weighted by Gasteiger charge is 2.11. The second-order valence-corrected chi connectivity index (χ2v) is 6.23. The number of carboxylic acids is 1. The van der Waals surface area contributed by atoms with Gasteiger partial charge >= 0.3 is 5.97 Å². The first-order valence-electron chi connectivity index (χ1n) is 7.45. The molecule has 2 heterocycles.